The average Bonchev–Trinajstić information content (AvgIpc) is 2.30. The van der Waals surface area contributed by atoms with Gasteiger partial charge >= 0.3 is 0 Å². The van der Waals surface area contributed by atoms with Gasteiger partial charge in [0.05, 0.1) is 11.9 Å². The maximum Gasteiger partial charge on any atom is 0.132 e. The van der Waals surface area contributed by atoms with Gasteiger partial charge in [0.25, 0.3) is 0 Å². The zero-order chi connectivity index (χ0) is 9.80. The van der Waals surface area contributed by atoms with Gasteiger partial charge in [-0.25, -0.2) is 4.98 Å². The Balaban J connectivity index is 2.30. The molecule has 2 aromatic heterocycles. The van der Waals surface area contributed by atoms with E-state index in [0.29, 0.717) is 0 Å². The molecule has 3 heteroatoms. The van der Waals surface area contributed by atoms with E-state index < -0.39 is 0 Å². The maximum absolute atomic E-state index is 4.20. The van der Waals surface area contributed by atoms with Crippen molar-refractivity contribution in [1.82, 2.24) is 9.97 Å². The second-order valence-electron chi connectivity index (χ2n) is 2.89. The highest BCUT2D eigenvalue weighted by Gasteiger charge is 2.02. The summed E-state index contributed by atoms with van der Waals surface area (Å²) in [5, 5.41) is 0. The summed E-state index contributed by atoms with van der Waals surface area (Å²) in [4.78, 5) is 10.2. The number of pyridine rings is 2. The third kappa shape index (κ3) is 1.71. The fourth-order valence-corrected chi connectivity index (χ4v) is 1.19. The Kier molecular flexibility index (Phi) is 2.40. The first-order valence-electron chi connectivity index (χ1n) is 4.34. The molecule has 3 nitrogen and oxygen atoms in total. The van der Waals surface area contributed by atoms with Crippen molar-refractivity contribution in [2.45, 2.75) is 0 Å². The summed E-state index contributed by atoms with van der Waals surface area (Å²) in [7, 11) is 1.96. The van der Waals surface area contributed by atoms with E-state index in [1.807, 2.05) is 36.2 Å². The summed E-state index contributed by atoms with van der Waals surface area (Å²) in [6.45, 7) is 0. The van der Waals surface area contributed by atoms with Crippen molar-refractivity contribution in [3.8, 4) is 0 Å². The Morgan fingerprint density at radius 1 is 1.36 bits per heavy atom. The van der Waals surface area contributed by atoms with Crippen LogP contribution >= 0.6 is 0 Å². The van der Waals surface area contributed by atoms with E-state index in [2.05, 4.69) is 16.0 Å². The summed E-state index contributed by atoms with van der Waals surface area (Å²) in [5.41, 5.74) is 1.02. The van der Waals surface area contributed by atoms with Crippen LogP contribution in [0, 0.1) is 6.07 Å². The van der Waals surface area contributed by atoms with E-state index in [1.165, 1.54) is 0 Å². The molecule has 2 rings (SSSR count). The lowest BCUT2D eigenvalue weighted by Gasteiger charge is -2.16. The van der Waals surface area contributed by atoms with Crippen LogP contribution in [0.25, 0.3) is 0 Å². The second kappa shape index (κ2) is 3.87. The molecular weight excluding hydrogens is 174 g/mol. The SMILES string of the molecule is CN(c1cccnc1)c1cc[c]cn1. The highest BCUT2D eigenvalue weighted by atomic mass is 15.2. The predicted molar refractivity (Wildman–Crippen MR) is 55.4 cm³/mol. The largest absolute Gasteiger partial charge is 0.328 e. The molecule has 0 N–H and O–H groups in total. The van der Waals surface area contributed by atoms with Gasteiger partial charge in [0, 0.05) is 25.5 Å². The molecule has 0 aliphatic heterocycles. The molecule has 0 aliphatic carbocycles. The molecule has 0 atom stereocenters. The van der Waals surface area contributed by atoms with Crippen molar-refractivity contribution in [3.05, 3.63) is 48.9 Å². The maximum atomic E-state index is 4.20. The molecule has 2 heterocycles. The molecule has 14 heavy (non-hydrogen) atoms. The van der Waals surface area contributed by atoms with Crippen molar-refractivity contribution in [1.29, 1.82) is 0 Å². The van der Waals surface area contributed by atoms with Gasteiger partial charge in [0.15, 0.2) is 0 Å². The summed E-state index contributed by atoms with van der Waals surface area (Å²) in [6.07, 6.45) is 5.21. The lowest BCUT2D eigenvalue weighted by molar-refractivity contribution is 1.11. The topological polar surface area (TPSA) is 29.0 Å². The molecule has 0 saturated carbocycles. The second-order valence-corrected chi connectivity index (χ2v) is 2.89. The molecule has 0 spiro atoms. The minimum Gasteiger partial charge on any atom is -0.328 e. The van der Waals surface area contributed by atoms with Gasteiger partial charge in [-0.3, -0.25) is 4.98 Å². The number of hydrogen-bond donors (Lipinski definition) is 0. The zero-order valence-electron chi connectivity index (χ0n) is 7.88. The van der Waals surface area contributed by atoms with Gasteiger partial charge in [-0.2, -0.15) is 0 Å². The highest BCUT2D eigenvalue weighted by Crippen LogP contribution is 2.18. The van der Waals surface area contributed by atoms with Crippen molar-refractivity contribution in [2.75, 3.05) is 11.9 Å². The fraction of sp³-hybridized carbons (Fsp3) is 0.0909. The zero-order valence-corrected chi connectivity index (χ0v) is 7.88. The van der Waals surface area contributed by atoms with E-state index in [-0.39, 0.29) is 0 Å². The van der Waals surface area contributed by atoms with Crippen LogP contribution in [0.3, 0.4) is 0 Å². The van der Waals surface area contributed by atoms with Gasteiger partial charge in [0.1, 0.15) is 5.82 Å². The van der Waals surface area contributed by atoms with E-state index in [0.717, 1.165) is 11.5 Å². The van der Waals surface area contributed by atoms with Crippen LogP contribution in [0.2, 0.25) is 0 Å². The minimum absolute atomic E-state index is 0.886. The molecular formula is C11H10N3. The Bertz CT molecular complexity index is 346. The summed E-state index contributed by atoms with van der Waals surface area (Å²) < 4.78 is 0. The normalized spacial score (nSPS) is 9.79. The predicted octanol–water partition coefficient (Wildman–Crippen LogP) is 2.04. The molecule has 0 unspecified atom stereocenters. The highest BCUT2D eigenvalue weighted by molar-refractivity contribution is 5.57. The number of anilines is 2. The van der Waals surface area contributed by atoms with Crippen molar-refractivity contribution in [2.24, 2.45) is 0 Å². The summed E-state index contributed by atoms with van der Waals surface area (Å²) >= 11 is 0. The van der Waals surface area contributed by atoms with E-state index in [9.17, 15) is 0 Å². The van der Waals surface area contributed by atoms with Crippen LogP contribution in [-0.4, -0.2) is 17.0 Å². The number of rotatable bonds is 2. The van der Waals surface area contributed by atoms with Gasteiger partial charge in [-0.15, -0.1) is 0 Å². The van der Waals surface area contributed by atoms with Gasteiger partial charge < -0.3 is 4.90 Å². The number of nitrogens with zero attached hydrogens (tertiary/aromatic N) is 3. The first-order valence-corrected chi connectivity index (χ1v) is 4.34. The van der Waals surface area contributed by atoms with Crippen molar-refractivity contribution in [3.63, 3.8) is 0 Å². The third-order valence-electron chi connectivity index (χ3n) is 1.98. The van der Waals surface area contributed by atoms with Crippen molar-refractivity contribution >= 4 is 11.5 Å². The smallest absolute Gasteiger partial charge is 0.132 e. The van der Waals surface area contributed by atoms with Gasteiger partial charge in [0.2, 0.25) is 0 Å². The van der Waals surface area contributed by atoms with Gasteiger partial charge in [-0.05, 0) is 24.3 Å². The van der Waals surface area contributed by atoms with E-state index >= 15 is 0 Å². The monoisotopic (exact) mass is 184 g/mol. The van der Waals surface area contributed by atoms with Crippen LogP contribution in [0.1, 0.15) is 0 Å². The Morgan fingerprint density at radius 3 is 2.93 bits per heavy atom. The molecule has 0 amide bonds. The number of hydrogen-bond acceptors (Lipinski definition) is 3. The molecule has 69 valence electrons. The first-order chi connectivity index (χ1) is 6.88. The van der Waals surface area contributed by atoms with E-state index in [1.54, 1.807) is 18.6 Å². The molecule has 0 aliphatic rings. The molecule has 0 aromatic carbocycles. The van der Waals surface area contributed by atoms with Crippen LogP contribution < -0.4 is 4.90 Å². The molecule has 0 bridgehead atoms. The molecule has 0 fully saturated rings. The van der Waals surface area contributed by atoms with Crippen LogP contribution in [0.15, 0.2) is 42.9 Å². The Labute approximate surface area is 83.1 Å². The fourth-order valence-electron chi connectivity index (χ4n) is 1.19. The van der Waals surface area contributed by atoms with Crippen molar-refractivity contribution < 1.29 is 0 Å². The standard InChI is InChI=1S/C11H10N3/c1-14(10-5-4-7-12-9-10)11-6-2-3-8-13-11/h2,4-9H,1H3. The number of aromatic nitrogens is 2. The van der Waals surface area contributed by atoms with Crippen LogP contribution in [0.4, 0.5) is 11.5 Å². The van der Waals surface area contributed by atoms with E-state index in [4.69, 9.17) is 0 Å². The van der Waals surface area contributed by atoms with Crippen LogP contribution in [0.5, 0.6) is 0 Å². The Morgan fingerprint density at radius 2 is 2.29 bits per heavy atom. The van der Waals surface area contributed by atoms with Gasteiger partial charge in [-0.1, -0.05) is 0 Å². The average molecular weight is 184 g/mol. The minimum atomic E-state index is 0.886. The summed E-state index contributed by atoms with van der Waals surface area (Å²) in [5.74, 6) is 0.886. The lowest BCUT2D eigenvalue weighted by Crippen LogP contribution is -2.10. The Hall–Kier alpha value is -1.90. The quantitative estimate of drug-likeness (QED) is 0.715. The molecule has 1 radical (unpaired) electrons. The third-order valence-corrected chi connectivity index (χ3v) is 1.98. The lowest BCUT2D eigenvalue weighted by atomic mass is 10.3. The van der Waals surface area contributed by atoms with Crippen LogP contribution in [-0.2, 0) is 0 Å². The molecule has 0 saturated heterocycles. The molecule has 2 aromatic rings. The first kappa shape index (κ1) is 8.69. The summed E-state index contributed by atoms with van der Waals surface area (Å²) in [6, 6.07) is 10.5.